The highest BCUT2D eigenvalue weighted by Gasteiger charge is 2.02. The second-order valence-corrected chi connectivity index (χ2v) is 1.62. The van der Waals surface area contributed by atoms with Gasteiger partial charge in [-0.25, -0.2) is 4.99 Å². The van der Waals surface area contributed by atoms with Crippen LogP contribution in [0.1, 0.15) is 12.8 Å². The molecule has 0 saturated heterocycles. The molecule has 1 aliphatic heterocycles. The first kappa shape index (κ1) is 4.44. The Morgan fingerprint density at radius 1 is 1.86 bits per heavy atom. The molecule has 0 aromatic rings. The van der Waals surface area contributed by atoms with Gasteiger partial charge in [-0.05, 0) is 0 Å². The molecule has 0 N–H and O–H groups in total. The van der Waals surface area contributed by atoms with Gasteiger partial charge in [-0.15, -0.1) is 0 Å². The Balaban J connectivity index is 2.51. The summed E-state index contributed by atoms with van der Waals surface area (Å²) in [7, 11) is 0. The normalized spacial score (nSPS) is 19.1. The van der Waals surface area contributed by atoms with E-state index in [4.69, 9.17) is 0 Å². The van der Waals surface area contributed by atoms with E-state index in [0.717, 1.165) is 18.5 Å². The third kappa shape index (κ3) is 1.07. The second-order valence-electron chi connectivity index (χ2n) is 1.62. The quantitative estimate of drug-likeness (QED) is 0.404. The standard InChI is InChI=1S/C6H8N/c1-6-4-2-3-5-7-6/h3,5H,1-2,4H2/q+1. The van der Waals surface area contributed by atoms with E-state index in [1.54, 1.807) is 0 Å². The lowest BCUT2D eigenvalue weighted by Crippen LogP contribution is -1.88. The van der Waals surface area contributed by atoms with Crippen LogP contribution in [-0.4, -0.2) is 6.21 Å². The van der Waals surface area contributed by atoms with Crippen LogP contribution in [0.4, 0.5) is 0 Å². The van der Waals surface area contributed by atoms with Crippen LogP contribution < -0.4 is 0 Å². The molecule has 0 bridgehead atoms. The van der Waals surface area contributed by atoms with Crippen LogP contribution in [-0.2, 0) is 0 Å². The summed E-state index contributed by atoms with van der Waals surface area (Å²) in [5, 5.41) is 0. The van der Waals surface area contributed by atoms with Crippen molar-refractivity contribution in [1.82, 2.24) is 0 Å². The maximum absolute atomic E-state index is 3.95. The molecule has 0 saturated carbocycles. The minimum Gasteiger partial charge on any atom is -0.219 e. The van der Waals surface area contributed by atoms with Gasteiger partial charge >= 0.3 is 0 Å². The van der Waals surface area contributed by atoms with Gasteiger partial charge in [-0.2, -0.15) is 0 Å². The molecular weight excluding hydrogens is 86.1 g/mol. The molecule has 0 aliphatic carbocycles. The second kappa shape index (κ2) is 1.82. The molecule has 1 nitrogen and oxygen atoms in total. The molecule has 7 heavy (non-hydrogen) atoms. The van der Waals surface area contributed by atoms with Gasteiger partial charge in [0, 0.05) is 12.1 Å². The van der Waals surface area contributed by atoms with Crippen molar-refractivity contribution < 1.29 is 0 Å². The van der Waals surface area contributed by atoms with Gasteiger partial charge in [-0.3, -0.25) is 0 Å². The molecule has 0 aromatic heterocycles. The van der Waals surface area contributed by atoms with Crippen LogP contribution in [0, 0.1) is 6.42 Å². The Hall–Kier alpha value is -0.720. The number of nitrogens with zero attached hydrogens (tertiary/aromatic N) is 1. The average molecular weight is 94.1 g/mol. The maximum atomic E-state index is 3.95. The van der Waals surface area contributed by atoms with E-state index < -0.39 is 0 Å². The Labute approximate surface area is 43.8 Å². The minimum absolute atomic E-state index is 1.00. The summed E-state index contributed by atoms with van der Waals surface area (Å²) in [6.45, 7) is 3.70. The van der Waals surface area contributed by atoms with E-state index in [-0.39, 0.29) is 0 Å². The van der Waals surface area contributed by atoms with Gasteiger partial charge in [0.05, 0.1) is 6.42 Å². The minimum atomic E-state index is 1.00. The molecule has 0 aromatic carbocycles. The summed E-state index contributed by atoms with van der Waals surface area (Å²) in [5.74, 6) is 0. The van der Waals surface area contributed by atoms with Crippen molar-refractivity contribution in [3.05, 3.63) is 18.7 Å². The van der Waals surface area contributed by atoms with Crippen LogP contribution in [0.5, 0.6) is 0 Å². The highest BCUT2D eigenvalue weighted by Crippen LogP contribution is 2.08. The molecule has 0 spiro atoms. The Bertz CT molecular complexity index is 103. The van der Waals surface area contributed by atoms with Gasteiger partial charge in [0.2, 0.25) is 0 Å². The third-order valence-corrected chi connectivity index (χ3v) is 0.962. The monoisotopic (exact) mass is 94.1 g/mol. The number of hydrogen-bond acceptors (Lipinski definition) is 1. The van der Waals surface area contributed by atoms with Crippen molar-refractivity contribution in [2.75, 3.05) is 0 Å². The van der Waals surface area contributed by atoms with Crippen molar-refractivity contribution in [2.45, 2.75) is 12.8 Å². The first-order chi connectivity index (χ1) is 3.39. The van der Waals surface area contributed by atoms with E-state index >= 15 is 0 Å². The highest BCUT2D eigenvalue weighted by atomic mass is 14.7. The van der Waals surface area contributed by atoms with Gasteiger partial charge in [0.1, 0.15) is 6.42 Å². The van der Waals surface area contributed by atoms with Crippen LogP contribution >= 0.6 is 0 Å². The highest BCUT2D eigenvalue weighted by molar-refractivity contribution is 5.69. The van der Waals surface area contributed by atoms with E-state index in [1.165, 1.54) is 0 Å². The van der Waals surface area contributed by atoms with Gasteiger partial charge in [0.15, 0.2) is 6.21 Å². The Morgan fingerprint density at radius 2 is 2.71 bits per heavy atom. The van der Waals surface area contributed by atoms with Gasteiger partial charge in [-0.1, -0.05) is 6.58 Å². The third-order valence-electron chi connectivity index (χ3n) is 0.962. The first-order valence-electron chi connectivity index (χ1n) is 2.43. The average Bonchev–Trinajstić information content (AvgIpc) is 1.69. The van der Waals surface area contributed by atoms with Crippen molar-refractivity contribution >= 4 is 6.21 Å². The van der Waals surface area contributed by atoms with Gasteiger partial charge < -0.3 is 0 Å². The number of hydrogen-bond donors (Lipinski definition) is 0. The Kier molecular flexibility index (Phi) is 1.16. The van der Waals surface area contributed by atoms with E-state index in [1.807, 2.05) is 6.21 Å². The van der Waals surface area contributed by atoms with Crippen LogP contribution in [0.3, 0.4) is 0 Å². The molecule has 1 rings (SSSR count). The first-order valence-corrected chi connectivity index (χ1v) is 2.43. The summed E-state index contributed by atoms with van der Waals surface area (Å²) >= 11 is 0. The molecule has 0 unspecified atom stereocenters. The predicted octanol–water partition coefficient (Wildman–Crippen LogP) is 1.57. The number of allylic oxidation sites excluding steroid dienone is 1. The van der Waals surface area contributed by atoms with Crippen LogP contribution in [0.2, 0.25) is 0 Å². The lowest BCUT2D eigenvalue weighted by Gasteiger charge is -1.94. The summed E-state index contributed by atoms with van der Waals surface area (Å²) in [6, 6.07) is 0. The summed E-state index contributed by atoms with van der Waals surface area (Å²) in [6.07, 6.45) is 6.01. The van der Waals surface area contributed by atoms with Crippen LogP contribution in [0.15, 0.2) is 17.3 Å². The smallest absolute Gasteiger partial charge is 0.184 e. The lowest BCUT2D eigenvalue weighted by molar-refractivity contribution is 0.922. The zero-order chi connectivity index (χ0) is 5.11. The largest absolute Gasteiger partial charge is 0.219 e. The van der Waals surface area contributed by atoms with E-state index in [0.29, 0.717) is 0 Å². The van der Waals surface area contributed by atoms with Crippen molar-refractivity contribution in [2.24, 2.45) is 4.99 Å². The molecule has 1 heteroatoms. The van der Waals surface area contributed by atoms with E-state index in [2.05, 4.69) is 18.0 Å². The zero-order valence-corrected chi connectivity index (χ0v) is 4.22. The van der Waals surface area contributed by atoms with Crippen LogP contribution in [0.25, 0.3) is 0 Å². The lowest BCUT2D eigenvalue weighted by atomic mass is 10.2. The topological polar surface area (TPSA) is 12.4 Å². The SMILES string of the molecule is C=C1CC[CH+]C=N1. The molecular formula is C6H8N+. The molecule has 0 fully saturated rings. The van der Waals surface area contributed by atoms with Crippen molar-refractivity contribution in [1.29, 1.82) is 0 Å². The molecule has 0 amide bonds. The summed E-state index contributed by atoms with van der Waals surface area (Å²) in [5.41, 5.74) is 1.00. The van der Waals surface area contributed by atoms with Crippen molar-refractivity contribution in [3.63, 3.8) is 0 Å². The summed E-state index contributed by atoms with van der Waals surface area (Å²) < 4.78 is 0. The maximum Gasteiger partial charge on any atom is 0.184 e. The molecule has 1 heterocycles. The Morgan fingerprint density at radius 3 is 3.00 bits per heavy atom. The molecule has 0 radical (unpaired) electrons. The fourth-order valence-electron chi connectivity index (χ4n) is 0.547. The fourth-order valence-corrected chi connectivity index (χ4v) is 0.547. The zero-order valence-electron chi connectivity index (χ0n) is 4.22. The molecule has 1 aliphatic rings. The fraction of sp³-hybridized carbons (Fsp3) is 0.333. The van der Waals surface area contributed by atoms with E-state index in [9.17, 15) is 0 Å². The number of aliphatic imine (C=N–C) groups is 1. The van der Waals surface area contributed by atoms with Gasteiger partial charge in [0.25, 0.3) is 0 Å². The number of rotatable bonds is 0. The summed E-state index contributed by atoms with van der Waals surface area (Å²) in [4.78, 5) is 3.95. The molecule has 36 valence electrons. The molecule has 0 atom stereocenters. The predicted molar refractivity (Wildman–Crippen MR) is 31.2 cm³/mol. The van der Waals surface area contributed by atoms with Crippen molar-refractivity contribution in [3.8, 4) is 0 Å².